The van der Waals surface area contributed by atoms with Crippen LogP contribution in [0, 0.1) is 13.8 Å². The summed E-state index contributed by atoms with van der Waals surface area (Å²) in [5.41, 5.74) is 8.15. The highest BCUT2D eigenvalue weighted by Crippen LogP contribution is 2.16. The molecule has 0 atom stereocenters. The molecule has 0 aromatic carbocycles. The number of nitrogens with zero attached hydrogens (tertiary/aromatic N) is 2. The zero-order valence-electron chi connectivity index (χ0n) is 7.61. The van der Waals surface area contributed by atoms with Crippen LogP contribution >= 0.6 is 0 Å². The van der Waals surface area contributed by atoms with Gasteiger partial charge in [-0.05, 0) is 19.9 Å². The van der Waals surface area contributed by atoms with E-state index in [1.54, 1.807) is 10.7 Å². The van der Waals surface area contributed by atoms with Crippen molar-refractivity contribution in [2.45, 2.75) is 13.8 Å². The van der Waals surface area contributed by atoms with Crippen LogP contribution < -0.4 is 5.73 Å². The second kappa shape index (κ2) is 2.65. The van der Waals surface area contributed by atoms with Gasteiger partial charge in [-0.25, -0.2) is 4.68 Å². The molecule has 4 nitrogen and oxygen atoms in total. The fourth-order valence-electron chi connectivity index (χ4n) is 1.30. The summed E-state index contributed by atoms with van der Waals surface area (Å²) in [4.78, 5) is 0. The molecule has 2 aromatic heterocycles. The lowest BCUT2D eigenvalue weighted by molar-refractivity contribution is 0.518. The van der Waals surface area contributed by atoms with Gasteiger partial charge in [0.2, 0.25) is 5.88 Å². The van der Waals surface area contributed by atoms with E-state index in [0.29, 0.717) is 11.6 Å². The minimum absolute atomic E-state index is 0.613. The quantitative estimate of drug-likeness (QED) is 0.720. The summed E-state index contributed by atoms with van der Waals surface area (Å²) in [7, 11) is 0. The van der Waals surface area contributed by atoms with Gasteiger partial charge in [-0.1, -0.05) is 0 Å². The van der Waals surface area contributed by atoms with Crippen molar-refractivity contribution in [1.82, 2.24) is 9.78 Å². The molecule has 2 heterocycles. The van der Waals surface area contributed by atoms with E-state index >= 15 is 0 Å². The lowest BCUT2D eigenvalue weighted by atomic mass is 10.4. The summed E-state index contributed by atoms with van der Waals surface area (Å²) in [5.74, 6) is 0.656. The van der Waals surface area contributed by atoms with Crippen LogP contribution in [0.2, 0.25) is 0 Å². The summed E-state index contributed by atoms with van der Waals surface area (Å²) in [6.45, 7) is 3.91. The highest BCUT2D eigenvalue weighted by Gasteiger charge is 2.06. The zero-order valence-corrected chi connectivity index (χ0v) is 7.61. The molecule has 0 aliphatic carbocycles. The Kier molecular flexibility index (Phi) is 1.62. The SMILES string of the molecule is Cc1cc(C)n(-c2cc(N)co2)n1. The van der Waals surface area contributed by atoms with Crippen LogP contribution in [0.4, 0.5) is 5.69 Å². The molecule has 0 amide bonds. The summed E-state index contributed by atoms with van der Waals surface area (Å²) in [5, 5.41) is 4.26. The predicted octanol–water partition coefficient (Wildman–Crippen LogP) is 1.66. The van der Waals surface area contributed by atoms with Crippen LogP contribution in [-0.4, -0.2) is 9.78 Å². The molecule has 0 saturated carbocycles. The van der Waals surface area contributed by atoms with E-state index in [1.165, 1.54) is 6.26 Å². The standard InChI is InChI=1S/C9H11N3O/c1-6-3-7(2)12(11-6)9-4-8(10)5-13-9/h3-5H,10H2,1-2H3. The van der Waals surface area contributed by atoms with Crippen molar-refractivity contribution in [2.24, 2.45) is 0 Å². The lowest BCUT2D eigenvalue weighted by Crippen LogP contribution is -1.96. The first-order valence-electron chi connectivity index (χ1n) is 4.04. The molecule has 0 spiro atoms. The Morgan fingerprint density at radius 1 is 1.38 bits per heavy atom. The van der Waals surface area contributed by atoms with E-state index in [9.17, 15) is 0 Å². The fraction of sp³-hybridized carbons (Fsp3) is 0.222. The van der Waals surface area contributed by atoms with Gasteiger partial charge in [0.1, 0.15) is 6.26 Å². The Hall–Kier alpha value is -1.71. The maximum absolute atomic E-state index is 5.54. The minimum atomic E-state index is 0.613. The number of aromatic nitrogens is 2. The van der Waals surface area contributed by atoms with Gasteiger partial charge < -0.3 is 10.2 Å². The van der Waals surface area contributed by atoms with Gasteiger partial charge in [-0.3, -0.25) is 0 Å². The molecule has 2 N–H and O–H groups in total. The molecule has 0 aliphatic rings. The number of rotatable bonds is 1. The van der Waals surface area contributed by atoms with Crippen LogP contribution in [0.5, 0.6) is 0 Å². The number of nitrogen functional groups attached to an aromatic ring is 1. The Bertz CT molecular complexity index is 428. The normalized spacial score (nSPS) is 10.6. The summed E-state index contributed by atoms with van der Waals surface area (Å²) >= 11 is 0. The average Bonchev–Trinajstić information content (AvgIpc) is 2.58. The Balaban J connectivity index is 2.51. The van der Waals surface area contributed by atoms with Gasteiger partial charge in [0.15, 0.2) is 0 Å². The van der Waals surface area contributed by atoms with Gasteiger partial charge in [0.25, 0.3) is 0 Å². The zero-order chi connectivity index (χ0) is 9.42. The molecular weight excluding hydrogens is 166 g/mol. The maximum Gasteiger partial charge on any atom is 0.222 e. The molecule has 0 radical (unpaired) electrons. The predicted molar refractivity (Wildman–Crippen MR) is 49.7 cm³/mol. The van der Waals surface area contributed by atoms with Gasteiger partial charge in [0, 0.05) is 11.8 Å². The molecule has 13 heavy (non-hydrogen) atoms. The molecule has 0 bridgehead atoms. The minimum Gasteiger partial charge on any atom is -0.444 e. The van der Waals surface area contributed by atoms with Crippen molar-refractivity contribution >= 4 is 5.69 Å². The molecule has 68 valence electrons. The van der Waals surface area contributed by atoms with Crippen molar-refractivity contribution in [1.29, 1.82) is 0 Å². The first-order valence-corrected chi connectivity index (χ1v) is 4.04. The van der Waals surface area contributed by atoms with E-state index in [0.717, 1.165) is 11.4 Å². The monoisotopic (exact) mass is 177 g/mol. The topological polar surface area (TPSA) is 57.0 Å². The third kappa shape index (κ3) is 1.30. The highest BCUT2D eigenvalue weighted by atomic mass is 16.3. The van der Waals surface area contributed by atoms with Gasteiger partial charge in [0.05, 0.1) is 11.4 Å². The Morgan fingerprint density at radius 3 is 2.62 bits per heavy atom. The number of hydrogen-bond donors (Lipinski definition) is 1. The van der Waals surface area contributed by atoms with Crippen LogP contribution in [-0.2, 0) is 0 Å². The second-order valence-corrected chi connectivity index (χ2v) is 3.06. The van der Waals surface area contributed by atoms with E-state index in [4.69, 9.17) is 10.2 Å². The molecule has 0 fully saturated rings. The molecule has 4 heteroatoms. The second-order valence-electron chi connectivity index (χ2n) is 3.06. The summed E-state index contributed by atoms with van der Waals surface area (Å²) in [6, 6.07) is 3.73. The Morgan fingerprint density at radius 2 is 2.15 bits per heavy atom. The molecular formula is C9H11N3O. The summed E-state index contributed by atoms with van der Waals surface area (Å²) < 4.78 is 6.95. The van der Waals surface area contributed by atoms with E-state index in [2.05, 4.69) is 5.10 Å². The third-order valence-electron chi connectivity index (χ3n) is 1.82. The highest BCUT2D eigenvalue weighted by molar-refractivity contribution is 5.41. The first kappa shape index (κ1) is 7.91. The Labute approximate surface area is 76.0 Å². The van der Waals surface area contributed by atoms with Gasteiger partial charge >= 0.3 is 0 Å². The number of hydrogen-bond acceptors (Lipinski definition) is 3. The number of aryl methyl sites for hydroxylation is 2. The fourth-order valence-corrected chi connectivity index (χ4v) is 1.30. The van der Waals surface area contributed by atoms with Crippen molar-refractivity contribution in [3.63, 3.8) is 0 Å². The van der Waals surface area contributed by atoms with Crippen molar-refractivity contribution < 1.29 is 4.42 Å². The van der Waals surface area contributed by atoms with Crippen molar-refractivity contribution in [2.75, 3.05) is 5.73 Å². The lowest BCUT2D eigenvalue weighted by Gasteiger charge is -1.96. The maximum atomic E-state index is 5.54. The van der Waals surface area contributed by atoms with Crippen molar-refractivity contribution in [3.05, 3.63) is 29.8 Å². The van der Waals surface area contributed by atoms with E-state index in [1.807, 2.05) is 19.9 Å². The molecule has 0 saturated heterocycles. The third-order valence-corrected chi connectivity index (χ3v) is 1.82. The largest absolute Gasteiger partial charge is 0.444 e. The average molecular weight is 177 g/mol. The number of nitrogens with two attached hydrogens (primary N) is 1. The van der Waals surface area contributed by atoms with Gasteiger partial charge in [-0.2, -0.15) is 5.10 Å². The van der Waals surface area contributed by atoms with Crippen LogP contribution in [0.1, 0.15) is 11.4 Å². The molecule has 0 unspecified atom stereocenters. The number of anilines is 1. The van der Waals surface area contributed by atoms with Crippen LogP contribution in [0.3, 0.4) is 0 Å². The molecule has 0 aliphatic heterocycles. The molecule has 2 rings (SSSR count). The van der Waals surface area contributed by atoms with E-state index in [-0.39, 0.29) is 0 Å². The van der Waals surface area contributed by atoms with Gasteiger partial charge in [-0.15, -0.1) is 0 Å². The van der Waals surface area contributed by atoms with E-state index < -0.39 is 0 Å². The summed E-state index contributed by atoms with van der Waals surface area (Å²) in [6.07, 6.45) is 1.51. The van der Waals surface area contributed by atoms with Crippen molar-refractivity contribution in [3.8, 4) is 5.88 Å². The van der Waals surface area contributed by atoms with Crippen LogP contribution in [0.25, 0.3) is 5.88 Å². The molecule has 2 aromatic rings. The first-order chi connectivity index (χ1) is 6.16. The number of furan rings is 1. The smallest absolute Gasteiger partial charge is 0.222 e. The van der Waals surface area contributed by atoms with Crippen LogP contribution in [0.15, 0.2) is 22.8 Å².